The van der Waals surface area contributed by atoms with E-state index < -0.39 is 0 Å². The summed E-state index contributed by atoms with van der Waals surface area (Å²) in [6, 6.07) is 33.8. The van der Waals surface area contributed by atoms with Crippen molar-refractivity contribution in [1.29, 1.82) is 0 Å². The van der Waals surface area contributed by atoms with Crippen molar-refractivity contribution in [2.45, 2.75) is 27.7 Å². The first-order chi connectivity index (χ1) is 19.5. The van der Waals surface area contributed by atoms with Crippen LogP contribution in [0.15, 0.2) is 126 Å². The summed E-state index contributed by atoms with van der Waals surface area (Å²) < 4.78 is 0. The molecule has 2 aromatic carbocycles. The molecule has 3 heterocycles. The van der Waals surface area contributed by atoms with Crippen molar-refractivity contribution in [2.75, 3.05) is 0 Å². The predicted molar refractivity (Wildman–Crippen MR) is 164 cm³/mol. The molecule has 0 saturated heterocycles. The molecular formula is C33H31Cl2N5Ru. The van der Waals surface area contributed by atoms with Crippen LogP contribution in [0.1, 0.15) is 36.4 Å². The van der Waals surface area contributed by atoms with Crippen LogP contribution in [0.3, 0.4) is 0 Å². The van der Waals surface area contributed by atoms with Gasteiger partial charge in [0.2, 0.25) is 0 Å². The van der Waals surface area contributed by atoms with E-state index in [0.717, 1.165) is 45.6 Å². The van der Waals surface area contributed by atoms with Crippen LogP contribution in [0.5, 0.6) is 0 Å². The number of aryl methyl sites for hydroxylation is 2. The molecule has 41 heavy (non-hydrogen) atoms. The molecule has 5 aromatic rings. The molecule has 0 saturated carbocycles. The number of aromatic nitrogens is 3. The SMILES string of the molecule is CC(=Nc1ccccc1)c1cccc(C(C)=Nc2ccccc2)n1.Cc1ccnc(-c2cc(C)ccn2)c1.[Cl-].[Cl][Ru+]. The minimum atomic E-state index is 0. The molecular weight excluding hydrogens is 638 g/mol. The van der Waals surface area contributed by atoms with Gasteiger partial charge in [0.1, 0.15) is 0 Å². The zero-order chi connectivity index (χ0) is 28.7. The molecule has 5 nitrogen and oxygen atoms in total. The van der Waals surface area contributed by atoms with E-state index in [1.165, 1.54) is 11.1 Å². The molecule has 0 unspecified atom stereocenters. The van der Waals surface area contributed by atoms with Crippen molar-refractivity contribution in [1.82, 2.24) is 15.0 Å². The van der Waals surface area contributed by atoms with E-state index in [2.05, 4.69) is 43.5 Å². The van der Waals surface area contributed by atoms with Gasteiger partial charge < -0.3 is 12.4 Å². The Hall–Kier alpha value is -3.57. The molecule has 0 radical (unpaired) electrons. The molecule has 0 aliphatic carbocycles. The first-order valence-electron chi connectivity index (χ1n) is 12.7. The van der Waals surface area contributed by atoms with Crippen LogP contribution >= 0.6 is 9.69 Å². The summed E-state index contributed by atoms with van der Waals surface area (Å²) in [5, 5.41) is 0. The molecule has 0 bridgehead atoms. The Morgan fingerprint density at radius 3 is 1.34 bits per heavy atom. The van der Waals surface area contributed by atoms with Gasteiger partial charge in [-0.25, -0.2) is 4.98 Å². The fourth-order valence-electron chi connectivity index (χ4n) is 3.70. The van der Waals surface area contributed by atoms with Gasteiger partial charge in [-0.15, -0.1) is 0 Å². The van der Waals surface area contributed by atoms with Crippen LogP contribution in [-0.2, 0) is 17.3 Å². The van der Waals surface area contributed by atoms with Crippen LogP contribution in [0.4, 0.5) is 11.4 Å². The quantitative estimate of drug-likeness (QED) is 0.175. The van der Waals surface area contributed by atoms with Crippen LogP contribution in [-0.4, -0.2) is 26.4 Å². The maximum atomic E-state index is 4.70. The zero-order valence-corrected chi connectivity index (χ0v) is 26.6. The van der Waals surface area contributed by atoms with E-state index >= 15 is 0 Å². The molecule has 8 heteroatoms. The minimum absolute atomic E-state index is 0. The number of aliphatic imine (C=N–C) groups is 2. The number of hydrogen-bond donors (Lipinski definition) is 0. The maximum absolute atomic E-state index is 4.70. The summed E-state index contributed by atoms with van der Waals surface area (Å²) in [7, 11) is 4.57. The van der Waals surface area contributed by atoms with Crippen molar-refractivity contribution in [3.05, 3.63) is 138 Å². The normalized spacial score (nSPS) is 10.8. The summed E-state index contributed by atoms with van der Waals surface area (Å²) >= 11 is 1.82. The average Bonchev–Trinajstić information content (AvgIpc) is 3.00. The zero-order valence-electron chi connectivity index (χ0n) is 23.3. The molecule has 210 valence electrons. The van der Waals surface area contributed by atoms with E-state index in [9.17, 15) is 0 Å². The van der Waals surface area contributed by atoms with E-state index in [-0.39, 0.29) is 12.4 Å². The number of para-hydroxylation sites is 2. The number of rotatable bonds is 5. The van der Waals surface area contributed by atoms with Gasteiger partial charge in [-0.2, -0.15) is 0 Å². The van der Waals surface area contributed by atoms with Crippen LogP contribution in [0.2, 0.25) is 0 Å². The summed E-state index contributed by atoms with van der Waals surface area (Å²) in [5.74, 6) is 0. The summed E-state index contributed by atoms with van der Waals surface area (Å²) in [6.07, 6.45) is 3.63. The van der Waals surface area contributed by atoms with Crippen molar-refractivity contribution < 1.29 is 29.7 Å². The Labute approximate surface area is 263 Å². The van der Waals surface area contributed by atoms with Gasteiger partial charge in [-0.3, -0.25) is 20.0 Å². The van der Waals surface area contributed by atoms with Gasteiger partial charge in [-0.05, 0) is 99.5 Å². The number of pyridine rings is 3. The molecule has 0 spiro atoms. The number of benzene rings is 2. The number of hydrogen-bond acceptors (Lipinski definition) is 5. The molecule has 5 rings (SSSR count). The van der Waals surface area contributed by atoms with Gasteiger partial charge in [0.05, 0.1) is 45.6 Å². The molecule has 0 fully saturated rings. The third kappa shape index (κ3) is 11.1. The second-order valence-electron chi connectivity index (χ2n) is 8.91. The van der Waals surface area contributed by atoms with Gasteiger partial charge in [0.25, 0.3) is 0 Å². The van der Waals surface area contributed by atoms with Crippen molar-refractivity contribution in [3.63, 3.8) is 0 Å². The van der Waals surface area contributed by atoms with Gasteiger partial charge in [0, 0.05) is 12.4 Å². The number of nitrogens with zero attached hydrogens (tertiary/aromatic N) is 5. The Morgan fingerprint density at radius 1 is 0.585 bits per heavy atom. The van der Waals surface area contributed by atoms with E-state index in [0.29, 0.717) is 0 Å². The summed E-state index contributed by atoms with van der Waals surface area (Å²) in [5.41, 5.74) is 9.64. The Morgan fingerprint density at radius 2 is 0.976 bits per heavy atom. The monoisotopic (exact) mass is 669 g/mol. The predicted octanol–water partition coefficient (Wildman–Crippen LogP) is 5.81. The fourth-order valence-corrected chi connectivity index (χ4v) is 3.70. The van der Waals surface area contributed by atoms with Crippen molar-refractivity contribution in [2.24, 2.45) is 9.98 Å². The van der Waals surface area contributed by atoms with E-state index in [4.69, 9.17) is 4.98 Å². The second-order valence-corrected chi connectivity index (χ2v) is 8.91. The van der Waals surface area contributed by atoms with Crippen LogP contribution in [0, 0.1) is 13.8 Å². The summed E-state index contributed by atoms with van der Waals surface area (Å²) in [4.78, 5) is 22.5. The third-order valence-corrected chi connectivity index (χ3v) is 5.69. The molecule has 0 N–H and O–H groups in total. The first-order valence-corrected chi connectivity index (χ1v) is 14.9. The second kappa shape index (κ2) is 18.0. The molecule has 0 aliphatic rings. The third-order valence-electron chi connectivity index (χ3n) is 5.69. The molecule has 3 aromatic heterocycles. The average molecular weight is 670 g/mol. The Kier molecular flexibility index (Phi) is 14.8. The van der Waals surface area contributed by atoms with Gasteiger partial charge in [-0.1, -0.05) is 42.5 Å². The van der Waals surface area contributed by atoms with Crippen molar-refractivity contribution >= 4 is 32.5 Å². The standard InChI is InChI=1S/C21H19N3.C12H12N2.2ClH.Ru/c1-16(22-18-10-5-3-6-11-18)20-14-9-15-21(24-20)17(2)23-19-12-7-4-8-13-19;1-9-3-5-13-11(7-9)12-8-10(2)4-6-14-12;;;/h3-15H,1-2H3;3-8H,1-2H3;2*1H;/q;;;;+2/p-2. The summed E-state index contributed by atoms with van der Waals surface area (Å²) in [6.45, 7) is 8.06. The number of halogens is 2. The fraction of sp³-hybridized carbons (Fsp3) is 0.121. The van der Waals surface area contributed by atoms with E-state index in [1.807, 2.05) is 147 Å². The molecule has 0 amide bonds. The van der Waals surface area contributed by atoms with E-state index in [1.54, 1.807) is 0 Å². The molecule has 0 atom stereocenters. The van der Waals surface area contributed by atoms with Crippen LogP contribution < -0.4 is 12.4 Å². The Bertz CT molecular complexity index is 1440. The molecule has 0 aliphatic heterocycles. The van der Waals surface area contributed by atoms with Gasteiger partial charge in [0.15, 0.2) is 0 Å². The Balaban J connectivity index is 0.000000295. The first kappa shape index (κ1) is 33.6. The topological polar surface area (TPSA) is 63.4 Å². The van der Waals surface area contributed by atoms with Gasteiger partial charge >= 0.3 is 27.0 Å². The van der Waals surface area contributed by atoms with Crippen LogP contribution in [0.25, 0.3) is 11.4 Å². The van der Waals surface area contributed by atoms with Crippen molar-refractivity contribution in [3.8, 4) is 11.4 Å².